The SMILES string of the molecule is O=C(c1ccccc1)[C@@H]1Nc2ccccc2[C@@H]2OCC[C@H]12. The summed E-state index contributed by atoms with van der Waals surface area (Å²) in [5.41, 5.74) is 2.96. The number of anilines is 1. The number of Topliss-reactive ketones (excluding diaryl/α,β-unsaturated/α-hetero) is 1. The summed E-state index contributed by atoms with van der Waals surface area (Å²) < 4.78 is 5.91. The van der Waals surface area contributed by atoms with Crippen molar-refractivity contribution in [2.75, 3.05) is 11.9 Å². The fraction of sp³-hybridized carbons (Fsp3) is 0.278. The Morgan fingerprint density at radius 1 is 1.05 bits per heavy atom. The van der Waals surface area contributed by atoms with Gasteiger partial charge >= 0.3 is 0 Å². The molecule has 2 aromatic carbocycles. The highest BCUT2D eigenvalue weighted by Gasteiger charge is 2.43. The van der Waals surface area contributed by atoms with Crippen LogP contribution in [0.5, 0.6) is 0 Å². The average Bonchev–Trinajstić information content (AvgIpc) is 3.04. The molecule has 0 bridgehead atoms. The van der Waals surface area contributed by atoms with Gasteiger partial charge in [-0.25, -0.2) is 0 Å². The van der Waals surface area contributed by atoms with E-state index in [2.05, 4.69) is 11.4 Å². The lowest BCUT2D eigenvalue weighted by molar-refractivity contribution is 0.0726. The molecule has 0 spiro atoms. The number of fused-ring (bicyclic) bond motifs is 3. The number of hydrogen-bond donors (Lipinski definition) is 1. The third-order valence-corrected chi connectivity index (χ3v) is 4.48. The molecule has 0 saturated carbocycles. The van der Waals surface area contributed by atoms with Crippen LogP contribution in [-0.4, -0.2) is 18.4 Å². The van der Waals surface area contributed by atoms with Crippen molar-refractivity contribution in [2.45, 2.75) is 18.6 Å². The predicted molar refractivity (Wildman–Crippen MR) is 81.4 cm³/mol. The van der Waals surface area contributed by atoms with Crippen molar-refractivity contribution >= 4 is 11.5 Å². The van der Waals surface area contributed by atoms with E-state index >= 15 is 0 Å². The minimum absolute atomic E-state index is 0.0418. The zero-order valence-electron chi connectivity index (χ0n) is 11.7. The van der Waals surface area contributed by atoms with E-state index in [-0.39, 0.29) is 23.8 Å². The standard InChI is InChI=1S/C18H17NO2/c20-17(12-6-2-1-3-7-12)16-14-10-11-21-18(14)13-8-4-5-9-15(13)19-16/h1-9,14,16,18-19H,10-11H2/t14-,16-,18+/m1/s1. The second kappa shape index (κ2) is 5.01. The molecule has 0 amide bonds. The van der Waals surface area contributed by atoms with E-state index in [1.54, 1.807) is 0 Å². The molecule has 2 heterocycles. The Kier molecular flexibility index (Phi) is 3.00. The van der Waals surface area contributed by atoms with Crippen LogP contribution in [0.15, 0.2) is 54.6 Å². The summed E-state index contributed by atoms with van der Waals surface area (Å²) in [4.78, 5) is 12.8. The van der Waals surface area contributed by atoms with Crippen molar-refractivity contribution in [3.63, 3.8) is 0 Å². The summed E-state index contributed by atoms with van der Waals surface area (Å²) in [5.74, 6) is 0.373. The molecule has 21 heavy (non-hydrogen) atoms. The lowest BCUT2D eigenvalue weighted by Gasteiger charge is -2.35. The van der Waals surface area contributed by atoms with Crippen molar-refractivity contribution in [3.8, 4) is 0 Å². The maximum absolute atomic E-state index is 12.8. The molecule has 3 nitrogen and oxygen atoms in total. The van der Waals surface area contributed by atoms with Crippen LogP contribution in [0.25, 0.3) is 0 Å². The van der Waals surface area contributed by atoms with Crippen LogP contribution >= 0.6 is 0 Å². The maximum Gasteiger partial charge on any atom is 0.185 e. The predicted octanol–water partition coefficient (Wildman–Crippen LogP) is 3.44. The Morgan fingerprint density at radius 2 is 1.81 bits per heavy atom. The van der Waals surface area contributed by atoms with Crippen molar-refractivity contribution < 1.29 is 9.53 Å². The number of rotatable bonds is 2. The van der Waals surface area contributed by atoms with Gasteiger partial charge in [-0.3, -0.25) is 4.79 Å². The summed E-state index contributed by atoms with van der Waals surface area (Å²) in [7, 11) is 0. The van der Waals surface area contributed by atoms with E-state index in [1.165, 1.54) is 5.56 Å². The number of ketones is 1. The normalized spacial score (nSPS) is 26.6. The minimum Gasteiger partial charge on any atom is -0.374 e. The third kappa shape index (κ3) is 2.05. The summed E-state index contributed by atoms with van der Waals surface area (Å²) in [6.07, 6.45) is 0.968. The molecule has 0 unspecified atom stereocenters. The first-order valence-corrected chi connectivity index (χ1v) is 7.41. The molecule has 4 rings (SSSR count). The molecule has 3 heteroatoms. The van der Waals surface area contributed by atoms with Gasteiger partial charge in [-0.2, -0.15) is 0 Å². The smallest absolute Gasteiger partial charge is 0.185 e. The number of carbonyl (C=O) groups is 1. The fourth-order valence-electron chi connectivity index (χ4n) is 3.46. The maximum atomic E-state index is 12.8. The lowest BCUT2D eigenvalue weighted by Crippen LogP contribution is -2.42. The summed E-state index contributed by atoms with van der Waals surface area (Å²) in [6.45, 7) is 0.726. The Bertz CT molecular complexity index is 668. The fourth-order valence-corrected chi connectivity index (χ4v) is 3.46. The van der Waals surface area contributed by atoms with E-state index in [9.17, 15) is 4.79 Å². The average molecular weight is 279 g/mol. The number of hydrogen-bond acceptors (Lipinski definition) is 3. The summed E-state index contributed by atoms with van der Waals surface area (Å²) in [5, 5.41) is 3.44. The highest BCUT2D eigenvalue weighted by atomic mass is 16.5. The van der Waals surface area contributed by atoms with Crippen LogP contribution in [0, 0.1) is 5.92 Å². The van der Waals surface area contributed by atoms with Crippen LogP contribution in [0.2, 0.25) is 0 Å². The van der Waals surface area contributed by atoms with E-state index in [0.717, 1.165) is 24.3 Å². The van der Waals surface area contributed by atoms with Crippen molar-refractivity contribution in [2.24, 2.45) is 5.92 Å². The van der Waals surface area contributed by atoms with Crippen molar-refractivity contribution in [1.29, 1.82) is 0 Å². The minimum atomic E-state index is -0.199. The van der Waals surface area contributed by atoms with Crippen molar-refractivity contribution in [3.05, 3.63) is 65.7 Å². The summed E-state index contributed by atoms with van der Waals surface area (Å²) in [6, 6.07) is 17.5. The molecule has 2 aromatic rings. The molecular formula is C18H17NO2. The van der Waals surface area contributed by atoms with Gasteiger partial charge in [0.05, 0.1) is 12.1 Å². The van der Waals surface area contributed by atoms with Gasteiger partial charge in [-0.15, -0.1) is 0 Å². The zero-order valence-corrected chi connectivity index (χ0v) is 11.7. The van der Waals surface area contributed by atoms with E-state index in [4.69, 9.17) is 4.74 Å². The number of nitrogens with one attached hydrogen (secondary N) is 1. The Hall–Kier alpha value is -2.13. The van der Waals surface area contributed by atoms with Crippen LogP contribution in [0.3, 0.4) is 0 Å². The third-order valence-electron chi connectivity index (χ3n) is 4.48. The van der Waals surface area contributed by atoms with Gasteiger partial charge in [0.2, 0.25) is 0 Å². The Labute approximate surface area is 123 Å². The molecule has 1 saturated heterocycles. The van der Waals surface area contributed by atoms with Gasteiger partial charge in [0, 0.05) is 29.3 Å². The second-order valence-electron chi connectivity index (χ2n) is 5.68. The number of carbonyl (C=O) groups excluding carboxylic acids is 1. The number of ether oxygens (including phenoxy) is 1. The topological polar surface area (TPSA) is 38.3 Å². The molecule has 2 aliphatic rings. The lowest BCUT2D eigenvalue weighted by atomic mass is 9.81. The van der Waals surface area contributed by atoms with Gasteiger partial charge in [0.1, 0.15) is 0 Å². The molecule has 0 radical (unpaired) electrons. The van der Waals surface area contributed by atoms with Crippen LogP contribution in [0.1, 0.15) is 28.4 Å². The van der Waals surface area contributed by atoms with Gasteiger partial charge < -0.3 is 10.1 Å². The first-order chi connectivity index (χ1) is 10.3. The highest BCUT2D eigenvalue weighted by Crippen LogP contribution is 2.45. The van der Waals surface area contributed by atoms with Gasteiger partial charge in [-0.05, 0) is 12.5 Å². The molecule has 1 N–H and O–H groups in total. The van der Waals surface area contributed by atoms with Gasteiger partial charge in [0.25, 0.3) is 0 Å². The number of para-hydroxylation sites is 1. The monoisotopic (exact) mass is 279 g/mol. The molecule has 3 atom stereocenters. The molecular weight excluding hydrogens is 262 g/mol. The molecule has 2 aliphatic heterocycles. The van der Waals surface area contributed by atoms with Gasteiger partial charge in [0.15, 0.2) is 5.78 Å². The molecule has 106 valence electrons. The van der Waals surface area contributed by atoms with E-state index in [1.807, 2.05) is 48.5 Å². The quantitative estimate of drug-likeness (QED) is 0.856. The largest absolute Gasteiger partial charge is 0.374 e. The van der Waals surface area contributed by atoms with Gasteiger partial charge in [-0.1, -0.05) is 48.5 Å². The zero-order chi connectivity index (χ0) is 14.2. The second-order valence-corrected chi connectivity index (χ2v) is 5.68. The van der Waals surface area contributed by atoms with Crippen LogP contribution in [-0.2, 0) is 4.74 Å². The highest BCUT2D eigenvalue weighted by molar-refractivity contribution is 6.02. The van der Waals surface area contributed by atoms with E-state index < -0.39 is 0 Å². The van der Waals surface area contributed by atoms with Crippen molar-refractivity contribution in [1.82, 2.24) is 0 Å². The first kappa shape index (κ1) is 12.6. The van der Waals surface area contributed by atoms with Crippen LogP contribution in [0.4, 0.5) is 5.69 Å². The Morgan fingerprint density at radius 3 is 2.67 bits per heavy atom. The van der Waals surface area contributed by atoms with E-state index in [0.29, 0.717) is 0 Å². The summed E-state index contributed by atoms with van der Waals surface area (Å²) >= 11 is 0. The van der Waals surface area contributed by atoms with Crippen LogP contribution < -0.4 is 5.32 Å². The molecule has 0 aromatic heterocycles. The number of benzene rings is 2. The first-order valence-electron chi connectivity index (χ1n) is 7.41. The molecule has 1 fully saturated rings. The Balaban J connectivity index is 1.72. The molecule has 0 aliphatic carbocycles.